The maximum absolute atomic E-state index is 6.71. The molecule has 4 aromatic rings. The molecule has 0 atom stereocenters. The molecule has 0 heterocycles. The molecule has 0 saturated heterocycles. The highest BCUT2D eigenvalue weighted by molar-refractivity contribution is 6.26. The first kappa shape index (κ1) is 51.1. The molecule has 0 aliphatic carbocycles. The van der Waals surface area contributed by atoms with Crippen molar-refractivity contribution in [2.75, 3.05) is 39.6 Å². The summed E-state index contributed by atoms with van der Waals surface area (Å²) in [6.45, 7) is 17.6. The fourth-order valence-corrected chi connectivity index (χ4v) is 8.31. The molecular formula is C56H88O6. The molecule has 0 aliphatic heterocycles. The second kappa shape index (κ2) is 31.3. The summed E-state index contributed by atoms with van der Waals surface area (Å²) in [6, 6.07) is 13.4. The third-order valence-electron chi connectivity index (χ3n) is 12.2. The zero-order chi connectivity index (χ0) is 44.0. The van der Waals surface area contributed by atoms with Crippen LogP contribution in [-0.4, -0.2) is 39.6 Å². The Kier molecular flexibility index (Phi) is 25.8. The average Bonchev–Trinajstić information content (AvgIpc) is 3.28. The van der Waals surface area contributed by atoms with E-state index in [1.807, 2.05) is 0 Å². The third-order valence-corrected chi connectivity index (χ3v) is 12.2. The van der Waals surface area contributed by atoms with Gasteiger partial charge in [0.2, 0.25) is 0 Å². The Balaban J connectivity index is 1.93. The summed E-state index contributed by atoms with van der Waals surface area (Å²) < 4.78 is 40.0. The lowest BCUT2D eigenvalue weighted by molar-refractivity contribution is 0.259. The van der Waals surface area contributed by atoms with Gasteiger partial charge in [0.15, 0.2) is 34.5 Å². The minimum atomic E-state index is 0.667. The number of ether oxygens (including phenoxy) is 6. The third kappa shape index (κ3) is 17.2. The number of hydrogen-bond acceptors (Lipinski definition) is 6. The van der Waals surface area contributed by atoms with Crippen LogP contribution in [0, 0.1) is 0 Å². The fraction of sp³-hybridized carbons (Fsp3) is 0.679. The largest absolute Gasteiger partial charge is 0.490 e. The summed E-state index contributed by atoms with van der Waals surface area (Å²) in [6.07, 6.45) is 30.3. The van der Waals surface area contributed by atoms with Crippen molar-refractivity contribution in [3.05, 3.63) is 36.4 Å². The Morgan fingerprint density at radius 1 is 0.210 bits per heavy atom. The van der Waals surface area contributed by atoms with Gasteiger partial charge in [0.25, 0.3) is 0 Å². The lowest BCUT2D eigenvalue weighted by Gasteiger charge is -2.21. The monoisotopic (exact) mass is 857 g/mol. The maximum Gasteiger partial charge on any atom is 0.161 e. The van der Waals surface area contributed by atoms with Crippen LogP contribution in [0.25, 0.3) is 32.3 Å². The van der Waals surface area contributed by atoms with E-state index >= 15 is 0 Å². The average molecular weight is 857 g/mol. The first-order valence-corrected chi connectivity index (χ1v) is 25.9. The van der Waals surface area contributed by atoms with Gasteiger partial charge in [-0.3, -0.25) is 0 Å². The summed E-state index contributed by atoms with van der Waals surface area (Å²) in [5.41, 5.74) is 0. The van der Waals surface area contributed by atoms with Crippen molar-refractivity contribution < 1.29 is 28.4 Å². The molecule has 0 saturated carbocycles. The lowest BCUT2D eigenvalue weighted by atomic mass is 9.93. The van der Waals surface area contributed by atoms with E-state index in [0.29, 0.717) is 39.6 Å². The van der Waals surface area contributed by atoms with E-state index in [1.165, 1.54) is 96.3 Å². The van der Waals surface area contributed by atoms with E-state index in [1.54, 1.807) is 0 Å². The highest BCUT2D eigenvalue weighted by Crippen LogP contribution is 2.47. The molecule has 348 valence electrons. The summed E-state index contributed by atoms with van der Waals surface area (Å²) >= 11 is 0. The molecule has 0 bridgehead atoms. The number of benzene rings is 4. The summed E-state index contributed by atoms with van der Waals surface area (Å²) in [7, 11) is 0. The predicted molar refractivity (Wildman–Crippen MR) is 266 cm³/mol. The topological polar surface area (TPSA) is 55.4 Å². The smallest absolute Gasteiger partial charge is 0.161 e. The van der Waals surface area contributed by atoms with Crippen molar-refractivity contribution >= 4 is 32.3 Å². The molecule has 0 spiro atoms. The maximum atomic E-state index is 6.71. The second-order valence-electron chi connectivity index (χ2n) is 17.7. The second-order valence-corrected chi connectivity index (χ2v) is 17.7. The molecule has 0 unspecified atom stereocenters. The van der Waals surface area contributed by atoms with Crippen molar-refractivity contribution in [3.63, 3.8) is 0 Å². The van der Waals surface area contributed by atoms with Crippen LogP contribution in [-0.2, 0) is 0 Å². The van der Waals surface area contributed by atoms with E-state index in [9.17, 15) is 0 Å². The van der Waals surface area contributed by atoms with Gasteiger partial charge in [-0.1, -0.05) is 170 Å². The van der Waals surface area contributed by atoms with Crippen LogP contribution in [0.3, 0.4) is 0 Å². The van der Waals surface area contributed by atoms with Gasteiger partial charge in [-0.05, 0) is 107 Å². The minimum absolute atomic E-state index is 0.667. The SMILES string of the molecule is CCCCCCCCOc1cc2c3cc(OCCCCCC)c(OCCCCCC)cc3c3cc(OCCCCCC)c(OCCCCCC)cc3c2cc1OCCCCCC. The molecule has 62 heavy (non-hydrogen) atoms. The van der Waals surface area contributed by atoms with Gasteiger partial charge in [-0.2, -0.15) is 0 Å². The molecule has 0 aliphatic rings. The van der Waals surface area contributed by atoms with Gasteiger partial charge < -0.3 is 28.4 Å². The number of hydrogen-bond donors (Lipinski definition) is 0. The van der Waals surface area contributed by atoms with E-state index in [0.717, 1.165) is 137 Å². The van der Waals surface area contributed by atoms with Gasteiger partial charge in [0, 0.05) is 0 Å². The Bertz CT molecular complexity index is 1750. The Morgan fingerprint density at radius 3 is 0.532 bits per heavy atom. The molecule has 0 amide bonds. The van der Waals surface area contributed by atoms with Gasteiger partial charge in [0.1, 0.15) is 0 Å². The van der Waals surface area contributed by atoms with Crippen LogP contribution in [0.15, 0.2) is 36.4 Å². The van der Waals surface area contributed by atoms with E-state index < -0.39 is 0 Å². The van der Waals surface area contributed by atoms with Crippen LogP contribution < -0.4 is 28.4 Å². The van der Waals surface area contributed by atoms with Gasteiger partial charge in [0.05, 0.1) is 39.6 Å². The summed E-state index contributed by atoms with van der Waals surface area (Å²) in [5, 5.41) is 6.72. The Hall–Kier alpha value is -3.54. The van der Waals surface area contributed by atoms with Gasteiger partial charge in [-0.15, -0.1) is 0 Å². The molecule has 4 aromatic carbocycles. The molecule has 0 N–H and O–H groups in total. The zero-order valence-corrected chi connectivity index (χ0v) is 40.5. The molecule has 6 heteroatoms. The van der Waals surface area contributed by atoms with Crippen LogP contribution in [0.4, 0.5) is 0 Å². The quantitative estimate of drug-likeness (QED) is 0.0331. The standard InChI is InChI=1S/C56H88O6/c1-7-13-19-25-26-32-38-62-56-44-50-48-42-54(60-36-30-23-17-11-5)52(58-34-28-21-15-9-3)40-46(48)45-39-51(57-33-27-20-14-8-2)53(59-35-29-22-16-10-4)41-47(45)49(50)43-55(56)61-37-31-24-18-12-6/h39-44H,7-38H2,1-6H3. The number of fused-ring (bicyclic) bond motifs is 6. The van der Waals surface area contributed by atoms with E-state index in [2.05, 4.69) is 77.9 Å². The van der Waals surface area contributed by atoms with Crippen molar-refractivity contribution in [3.8, 4) is 34.5 Å². The first-order chi connectivity index (χ1) is 30.6. The van der Waals surface area contributed by atoms with Crippen LogP contribution >= 0.6 is 0 Å². The van der Waals surface area contributed by atoms with Crippen LogP contribution in [0.5, 0.6) is 34.5 Å². The lowest BCUT2D eigenvalue weighted by Crippen LogP contribution is -2.05. The highest BCUT2D eigenvalue weighted by atomic mass is 16.5. The zero-order valence-electron chi connectivity index (χ0n) is 40.5. The molecule has 0 radical (unpaired) electrons. The van der Waals surface area contributed by atoms with E-state index in [-0.39, 0.29) is 0 Å². The van der Waals surface area contributed by atoms with Crippen molar-refractivity contribution in [1.29, 1.82) is 0 Å². The Morgan fingerprint density at radius 2 is 0.355 bits per heavy atom. The van der Waals surface area contributed by atoms with Crippen molar-refractivity contribution in [2.24, 2.45) is 0 Å². The molecular weight excluding hydrogens is 769 g/mol. The fourth-order valence-electron chi connectivity index (χ4n) is 8.31. The van der Waals surface area contributed by atoms with E-state index in [4.69, 9.17) is 28.4 Å². The normalized spacial score (nSPS) is 11.5. The number of rotatable bonds is 38. The van der Waals surface area contributed by atoms with Crippen LogP contribution in [0.2, 0.25) is 0 Å². The van der Waals surface area contributed by atoms with Gasteiger partial charge >= 0.3 is 0 Å². The minimum Gasteiger partial charge on any atom is -0.490 e. The molecule has 0 fully saturated rings. The summed E-state index contributed by atoms with van der Waals surface area (Å²) in [4.78, 5) is 0. The van der Waals surface area contributed by atoms with Crippen molar-refractivity contribution in [2.45, 2.75) is 208 Å². The summed E-state index contributed by atoms with van der Waals surface area (Å²) in [5.74, 6) is 4.90. The van der Waals surface area contributed by atoms with Crippen molar-refractivity contribution in [1.82, 2.24) is 0 Å². The molecule has 0 aromatic heterocycles. The predicted octanol–water partition coefficient (Wildman–Crippen LogP) is 17.7. The highest BCUT2D eigenvalue weighted by Gasteiger charge is 2.21. The first-order valence-electron chi connectivity index (χ1n) is 25.9. The molecule has 4 rings (SSSR count). The Labute approximate surface area is 378 Å². The van der Waals surface area contributed by atoms with Crippen LogP contribution in [0.1, 0.15) is 208 Å². The molecule has 6 nitrogen and oxygen atoms in total. The number of unbranched alkanes of at least 4 members (excludes halogenated alkanes) is 20. The van der Waals surface area contributed by atoms with Gasteiger partial charge in [-0.25, -0.2) is 0 Å².